The first-order valence-corrected chi connectivity index (χ1v) is 22.1. The Kier molecular flexibility index (Phi) is 11.4. The molecule has 15 heteroatoms. The third-order valence-electron chi connectivity index (χ3n) is 12.2. The van der Waals surface area contributed by atoms with Crippen LogP contribution in [0.4, 0.5) is 0 Å². The van der Waals surface area contributed by atoms with E-state index in [1.807, 2.05) is 66.7 Å². The molecule has 3 aromatic rings. The van der Waals surface area contributed by atoms with Crippen LogP contribution in [0.2, 0.25) is 0 Å². The molecule has 5 aliphatic rings. The predicted octanol–water partition coefficient (Wildman–Crippen LogP) is 3.75. The zero-order valence-electron chi connectivity index (χ0n) is 32.8. The van der Waals surface area contributed by atoms with Crippen LogP contribution in [-0.2, 0) is 29.2 Å². The summed E-state index contributed by atoms with van der Waals surface area (Å²) in [5, 5.41) is 9.38. The Morgan fingerprint density at radius 1 is 1.02 bits per heavy atom. The molecule has 4 heterocycles. The monoisotopic (exact) mass is 812 g/mol. The summed E-state index contributed by atoms with van der Waals surface area (Å²) in [4.78, 5) is 63.0. The van der Waals surface area contributed by atoms with Gasteiger partial charge in [0.25, 0.3) is 5.91 Å². The number of hydrogen-bond acceptors (Lipinski definition) is 10. The highest BCUT2D eigenvalue weighted by Crippen LogP contribution is 2.46. The fourth-order valence-electron chi connectivity index (χ4n) is 8.60. The molecule has 4 N–H and O–H groups in total. The molecule has 0 radical (unpaired) electrons. The topological polar surface area (TPSA) is 185 Å². The lowest BCUT2D eigenvalue weighted by Crippen LogP contribution is -2.57. The Labute approximate surface area is 338 Å². The van der Waals surface area contributed by atoms with Gasteiger partial charge in [0.05, 0.1) is 30.1 Å². The number of amides is 4. The van der Waals surface area contributed by atoms with Crippen LogP contribution in [0.5, 0.6) is 11.5 Å². The van der Waals surface area contributed by atoms with Crippen molar-refractivity contribution in [1.82, 2.24) is 30.6 Å². The summed E-state index contributed by atoms with van der Waals surface area (Å²) in [6.07, 6.45) is 8.90. The second-order valence-electron chi connectivity index (χ2n) is 16.4. The lowest BCUT2D eigenvalue weighted by Gasteiger charge is -2.29. The van der Waals surface area contributed by atoms with Crippen molar-refractivity contribution >= 4 is 44.6 Å². The van der Waals surface area contributed by atoms with Crippen LogP contribution in [0.3, 0.4) is 0 Å². The van der Waals surface area contributed by atoms with Gasteiger partial charge >= 0.3 is 0 Å². The minimum Gasteiger partial charge on any atom is -0.497 e. The maximum absolute atomic E-state index is 14.8. The van der Waals surface area contributed by atoms with Gasteiger partial charge in [-0.1, -0.05) is 55.3 Å². The molecule has 2 saturated carbocycles. The van der Waals surface area contributed by atoms with Gasteiger partial charge in [0.2, 0.25) is 27.7 Å². The number of fused-ring (bicyclic) bond motifs is 3. The molecule has 4 amide bonds. The van der Waals surface area contributed by atoms with Crippen LogP contribution in [0.15, 0.2) is 66.7 Å². The number of benzene rings is 2. The summed E-state index contributed by atoms with van der Waals surface area (Å²) in [6.45, 7) is 1.54. The van der Waals surface area contributed by atoms with E-state index < -0.39 is 56.6 Å². The quantitative estimate of drug-likeness (QED) is 0.220. The number of pyridine rings is 1. The largest absolute Gasteiger partial charge is 0.497 e. The third-order valence-corrected chi connectivity index (χ3v) is 14.0. The smallest absolute Gasteiger partial charge is 0.259 e. The second kappa shape index (κ2) is 16.7. The van der Waals surface area contributed by atoms with Crippen LogP contribution in [0.25, 0.3) is 22.2 Å². The van der Waals surface area contributed by atoms with E-state index in [4.69, 9.17) is 14.5 Å². The number of nitrogens with zero attached hydrogens (tertiary/aromatic N) is 2. The Morgan fingerprint density at radius 2 is 1.84 bits per heavy atom. The van der Waals surface area contributed by atoms with E-state index in [0.717, 1.165) is 49.6 Å². The van der Waals surface area contributed by atoms with E-state index in [1.165, 1.54) is 4.90 Å². The highest BCUT2D eigenvalue weighted by Gasteiger charge is 2.62. The molecule has 308 valence electrons. The van der Waals surface area contributed by atoms with Crippen LogP contribution in [0.1, 0.15) is 70.6 Å². The van der Waals surface area contributed by atoms with Gasteiger partial charge in [0.1, 0.15) is 29.2 Å². The molecule has 6 atom stereocenters. The lowest BCUT2D eigenvalue weighted by molar-refractivity contribution is -0.144. The van der Waals surface area contributed by atoms with Crippen molar-refractivity contribution in [2.75, 3.05) is 26.7 Å². The highest BCUT2D eigenvalue weighted by atomic mass is 32.2. The average molecular weight is 813 g/mol. The maximum Gasteiger partial charge on any atom is 0.259 e. The second-order valence-corrected chi connectivity index (χ2v) is 18.4. The lowest BCUT2D eigenvalue weighted by atomic mass is 9.94. The molecule has 14 nitrogen and oxygen atoms in total. The van der Waals surface area contributed by atoms with E-state index in [2.05, 4.69) is 20.7 Å². The fraction of sp³-hybridized carbons (Fsp3) is 0.512. The number of aromatic nitrogens is 1. The fourth-order valence-corrected chi connectivity index (χ4v) is 9.97. The van der Waals surface area contributed by atoms with E-state index in [9.17, 15) is 27.6 Å². The van der Waals surface area contributed by atoms with E-state index in [-0.39, 0.29) is 43.7 Å². The van der Waals surface area contributed by atoms with Crippen molar-refractivity contribution in [2.24, 2.45) is 11.8 Å². The van der Waals surface area contributed by atoms with Gasteiger partial charge in [-0.05, 0) is 63.6 Å². The summed E-state index contributed by atoms with van der Waals surface area (Å²) >= 11 is 0. The molecule has 1 unspecified atom stereocenters. The van der Waals surface area contributed by atoms with Gasteiger partial charge in [-0.2, -0.15) is 0 Å². The van der Waals surface area contributed by atoms with Gasteiger partial charge < -0.3 is 30.3 Å². The van der Waals surface area contributed by atoms with E-state index in [0.29, 0.717) is 48.5 Å². The number of rotatable bonds is 10. The molecule has 2 aromatic carbocycles. The summed E-state index contributed by atoms with van der Waals surface area (Å²) < 4.78 is 40.4. The molecule has 3 aliphatic heterocycles. The molecule has 1 aromatic heterocycles. The molecule has 0 spiro atoms. The average Bonchev–Trinajstić information content (AvgIpc) is 4.09. The number of carbonyl (C=O) groups is 4. The molecule has 2 saturated heterocycles. The maximum atomic E-state index is 14.8. The first-order valence-electron chi connectivity index (χ1n) is 20.6. The number of allylic oxidation sites excluding steroid dienone is 1. The molecule has 4 fully saturated rings. The first kappa shape index (κ1) is 39.8. The van der Waals surface area contributed by atoms with Crippen molar-refractivity contribution in [3.05, 3.63) is 66.7 Å². The SMILES string of the molecule is COc1ccc2c(O[C@@H]3C[C@H]4C(=O)N[C@]5(C(=O)NS(=O)(=O)C6CC6)CC5C=CCCCCC[C@H](CC(=O)N[C@@H]5CCNC5)C(=O)N4C3)cc(-c3ccccc3)nc2c1. The van der Waals surface area contributed by atoms with E-state index >= 15 is 0 Å². The normalized spacial score (nSPS) is 27.7. The first-order chi connectivity index (χ1) is 28.0. The van der Waals surface area contributed by atoms with Crippen molar-refractivity contribution in [2.45, 2.75) is 99.6 Å². The molecular formula is C43H52N6O8S. The number of methoxy groups -OCH3 is 1. The van der Waals surface area contributed by atoms with Crippen molar-refractivity contribution in [3.8, 4) is 22.8 Å². The van der Waals surface area contributed by atoms with Crippen LogP contribution < -0.4 is 30.1 Å². The standard InChI is InChI=1S/C43H52N6O8S/c1-56-31-14-17-34-36(21-31)46-35(27-10-7-5-8-11-27)23-38(34)57-32-22-37-40(51)47-43(42(53)48-58(54,55)33-15-16-33)24-29(43)13-9-4-2-3-6-12-28(41(52)49(37)26-32)20-39(50)45-30-18-19-44-25-30/h5,7-11,13-14,17,21,23,28-30,32-33,37,44H,2-4,6,12,15-16,18-20,22,24-26H2,1H3,(H,45,50)(H,47,51)(H,48,53)/t28-,29?,30-,32-,37+,43-/m1/s1. The Hall–Kier alpha value is -5.02. The third kappa shape index (κ3) is 8.70. The van der Waals surface area contributed by atoms with E-state index in [1.54, 1.807) is 7.11 Å². The Balaban J connectivity index is 1.11. The molecule has 8 rings (SSSR count). The van der Waals surface area contributed by atoms with Crippen molar-refractivity contribution < 1.29 is 37.1 Å². The predicted molar refractivity (Wildman–Crippen MR) is 217 cm³/mol. The Bertz CT molecular complexity index is 2190. The molecule has 0 bridgehead atoms. The summed E-state index contributed by atoms with van der Waals surface area (Å²) in [6, 6.07) is 16.0. The molecular weight excluding hydrogens is 761 g/mol. The minimum atomic E-state index is -3.89. The van der Waals surface area contributed by atoms with Gasteiger partial charge in [-0.15, -0.1) is 0 Å². The zero-order valence-corrected chi connectivity index (χ0v) is 33.6. The van der Waals surface area contributed by atoms with Crippen LogP contribution in [0, 0.1) is 11.8 Å². The summed E-state index contributed by atoms with van der Waals surface area (Å²) in [7, 11) is -2.30. The van der Waals surface area contributed by atoms with Crippen LogP contribution >= 0.6 is 0 Å². The minimum absolute atomic E-state index is 0.00627. The summed E-state index contributed by atoms with van der Waals surface area (Å²) in [5.41, 5.74) is 0.704. The zero-order chi connectivity index (χ0) is 40.4. The number of nitrogens with one attached hydrogen (secondary N) is 4. The van der Waals surface area contributed by atoms with Gasteiger partial charge in [0.15, 0.2) is 0 Å². The van der Waals surface area contributed by atoms with Crippen LogP contribution in [-0.4, -0.2) is 97.7 Å². The number of sulfonamides is 1. The number of carbonyl (C=O) groups excluding carboxylic acids is 4. The van der Waals surface area contributed by atoms with Gasteiger partial charge in [-0.25, -0.2) is 13.4 Å². The van der Waals surface area contributed by atoms with Crippen molar-refractivity contribution in [1.29, 1.82) is 0 Å². The molecule has 2 aliphatic carbocycles. The Morgan fingerprint density at radius 3 is 2.60 bits per heavy atom. The van der Waals surface area contributed by atoms with Crippen molar-refractivity contribution in [3.63, 3.8) is 0 Å². The van der Waals surface area contributed by atoms with Gasteiger partial charge in [-0.3, -0.25) is 23.9 Å². The number of ether oxygens (including phenoxy) is 2. The van der Waals surface area contributed by atoms with Gasteiger partial charge in [0, 0.05) is 60.3 Å². The highest BCUT2D eigenvalue weighted by molar-refractivity contribution is 7.91. The number of hydrogen-bond donors (Lipinski definition) is 4. The molecule has 58 heavy (non-hydrogen) atoms. The summed E-state index contributed by atoms with van der Waals surface area (Å²) in [5.74, 6) is -1.82.